The molecule has 1 atom stereocenters. The van der Waals surface area contributed by atoms with E-state index in [1.807, 2.05) is 50.2 Å². The van der Waals surface area contributed by atoms with Crippen molar-refractivity contribution < 1.29 is 24.2 Å². The highest BCUT2D eigenvalue weighted by molar-refractivity contribution is 7.22. The number of hydrogen-bond donors (Lipinski definition) is 1. The van der Waals surface area contributed by atoms with Crippen LogP contribution in [-0.2, 0) is 16.0 Å². The van der Waals surface area contributed by atoms with Gasteiger partial charge in [-0.25, -0.2) is 4.98 Å². The topological polar surface area (TPSA) is 89.0 Å². The van der Waals surface area contributed by atoms with Gasteiger partial charge in [-0.3, -0.25) is 14.5 Å². The molecule has 1 N–H and O–H groups in total. The third kappa shape index (κ3) is 3.92. The highest BCUT2D eigenvalue weighted by Gasteiger charge is 2.48. The molecule has 8 heteroatoms. The molecule has 1 amide bonds. The molecule has 1 fully saturated rings. The zero-order chi connectivity index (χ0) is 26.6. The highest BCUT2D eigenvalue weighted by Crippen LogP contribution is 2.45. The number of aliphatic hydroxyl groups excluding tert-OH is 1. The van der Waals surface area contributed by atoms with Crippen molar-refractivity contribution in [2.24, 2.45) is 0 Å². The molecule has 0 radical (unpaired) electrons. The van der Waals surface area contributed by atoms with Crippen molar-refractivity contribution in [1.82, 2.24) is 4.98 Å². The summed E-state index contributed by atoms with van der Waals surface area (Å²) in [5.41, 5.74) is 5.12. The average Bonchev–Trinajstić information content (AvgIpc) is 3.46. The number of ketones is 1. The van der Waals surface area contributed by atoms with Gasteiger partial charge in [-0.05, 0) is 66.8 Å². The van der Waals surface area contributed by atoms with Crippen molar-refractivity contribution in [2.45, 2.75) is 33.2 Å². The maximum Gasteiger partial charge on any atom is 0.301 e. The summed E-state index contributed by atoms with van der Waals surface area (Å²) in [5.74, 6) is -0.688. The van der Waals surface area contributed by atoms with Crippen LogP contribution in [0.4, 0.5) is 5.13 Å². The van der Waals surface area contributed by atoms with Crippen LogP contribution in [-0.4, -0.2) is 35.0 Å². The molecule has 0 saturated carbocycles. The van der Waals surface area contributed by atoms with Crippen LogP contribution in [0.25, 0.3) is 16.0 Å². The van der Waals surface area contributed by atoms with Gasteiger partial charge in [0.2, 0.25) is 0 Å². The summed E-state index contributed by atoms with van der Waals surface area (Å²) < 4.78 is 12.2. The Hall–Kier alpha value is -4.17. The van der Waals surface area contributed by atoms with E-state index >= 15 is 0 Å². The number of carbonyl (C=O) groups excluding carboxylic acids is 2. The van der Waals surface area contributed by atoms with Crippen LogP contribution in [0.15, 0.2) is 60.2 Å². The maximum absolute atomic E-state index is 13.6. The van der Waals surface area contributed by atoms with Crippen LogP contribution in [0.1, 0.15) is 40.8 Å². The molecule has 2 aliphatic heterocycles. The summed E-state index contributed by atoms with van der Waals surface area (Å²) in [4.78, 5) is 33.3. The molecule has 192 valence electrons. The standard InChI is InChI=1S/C30H26N2O5S/c1-4-18-5-7-19(8-6-18)26-24(27(33)20-9-10-21-22(15-20)37-12-11-36-21)28(34)29(35)32(26)30-31-25-17(3)13-16(2)14-23(25)38-30/h5-10,13-15,26,33H,4,11-12H2,1-3H3/b27-24+/t26-/m1/s1. The van der Waals surface area contributed by atoms with E-state index in [9.17, 15) is 14.7 Å². The lowest BCUT2D eigenvalue weighted by atomic mass is 9.94. The minimum absolute atomic E-state index is 0.0167. The highest BCUT2D eigenvalue weighted by atomic mass is 32.1. The van der Waals surface area contributed by atoms with Crippen molar-refractivity contribution in [1.29, 1.82) is 0 Å². The summed E-state index contributed by atoms with van der Waals surface area (Å²) in [6.07, 6.45) is 0.855. The van der Waals surface area contributed by atoms with Gasteiger partial charge in [0.1, 0.15) is 19.0 Å². The van der Waals surface area contributed by atoms with Crippen LogP contribution in [0, 0.1) is 13.8 Å². The number of fused-ring (bicyclic) bond motifs is 2. The number of aliphatic hydroxyl groups is 1. The molecule has 4 aromatic rings. The molecular formula is C30H26N2O5S. The third-order valence-electron chi connectivity index (χ3n) is 6.99. The van der Waals surface area contributed by atoms with E-state index in [2.05, 4.69) is 6.92 Å². The molecular weight excluding hydrogens is 500 g/mol. The molecule has 0 bridgehead atoms. The molecule has 0 unspecified atom stereocenters. The molecule has 3 aromatic carbocycles. The second-order valence-corrected chi connectivity index (χ2v) is 10.6. The van der Waals surface area contributed by atoms with Gasteiger partial charge in [0, 0.05) is 5.56 Å². The Balaban J connectivity index is 1.54. The first-order valence-corrected chi connectivity index (χ1v) is 13.3. The summed E-state index contributed by atoms with van der Waals surface area (Å²) in [6.45, 7) is 6.89. The van der Waals surface area contributed by atoms with Crippen LogP contribution < -0.4 is 14.4 Å². The van der Waals surface area contributed by atoms with Gasteiger partial charge in [0.25, 0.3) is 5.78 Å². The van der Waals surface area contributed by atoms with Gasteiger partial charge in [-0.15, -0.1) is 0 Å². The van der Waals surface area contributed by atoms with Crippen LogP contribution in [0.5, 0.6) is 11.5 Å². The number of hydrogen-bond acceptors (Lipinski definition) is 7. The smallest absolute Gasteiger partial charge is 0.301 e. The minimum Gasteiger partial charge on any atom is -0.507 e. The zero-order valence-corrected chi connectivity index (χ0v) is 22.1. The number of Topliss-reactive ketones (excluding diaryl/α,β-unsaturated/α-hetero) is 1. The minimum atomic E-state index is -0.837. The monoisotopic (exact) mass is 526 g/mol. The normalized spacial score (nSPS) is 18.4. The van der Waals surface area contributed by atoms with E-state index in [0.717, 1.165) is 33.3 Å². The summed E-state index contributed by atoms with van der Waals surface area (Å²) in [5, 5.41) is 11.9. The number of carbonyl (C=O) groups is 2. The van der Waals surface area contributed by atoms with E-state index < -0.39 is 17.7 Å². The van der Waals surface area contributed by atoms with Gasteiger partial charge in [0.15, 0.2) is 16.6 Å². The number of benzene rings is 3. The third-order valence-corrected chi connectivity index (χ3v) is 7.99. The Bertz CT molecular complexity index is 1640. The molecule has 0 spiro atoms. The van der Waals surface area contributed by atoms with Gasteiger partial charge < -0.3 is 14.6 Å². The molecule has 6 rings (SSSR count). The van der Waals surface area contributed by atoms with E-state index in [4.69, 9.17) is 14.5 Å². The van der Waals surface area contributed by atoms with E-state index in [0.29, 0.717) is 41.0 Å². The molecule has 7 nitrogen and oxygen atoms in total. The fourth-order valence-corrected chi connectivity index (χ4v) is 6.26. The first kappa shape index (κ1) is 24.2. The van der Waals surface area contributed by atoms with Crippen molar-refractivity contribution in [3.63, 3.8) is 0 Å². The second-order valence-electron chi connectivity index (χ2n) is 9.55. The average molecular weight is 527 g/mol. The SMILES string of the molecule is CCc1ccc([C@@H]2/C(=C(\O)c3ccc4c(c3)OCCO4)C(=O)C(=O)N2c2nc3c(C)cc(C)cc3s2)cc1. The summed E-state index contributed by atoms with van der Waals surface area (Å²) in [6, 6.07) is 16.0. The van der Waals surface area contributed by atoms with Crippen LogP contribution in [0.2, 0.25) is 0 Å². The number of nitrogens with zero attached hydrogens (tertiary/aromatic N) is 2. The Morgan fingerprint density at radius 1 is 1.03 bits per heavy atom. The van der Waals surface area contributed by atoms with Crippen molar-refractivity contribution >= 4 is 44.1 Å². The number of aryl methyl sites for hydroxylation is 3. The second kappa shape index (κ2) is 9.29. The number of anilines is 1. The van der Waals surface area contributed by atoms with Crippen LogP contribution in [0.3, 0.4) is 0 Å². The van der Waals surface area contributed by atoms with E-state index in [1.165, 1.54) is 16.2 Å². The van der Waals surface area contributed by atoms with Crippen molar-refractivity contribution in [2.75, 3.05) is 18.1 Å². The quantitative estimate of drug-likeness (QED) is 0.203. The van der Waals surface area contributed by atoms with Crippen LogP contribution >= 0.6 is 11.3 Å². The summed E-state index contributed by atoms with van der Waals surface area (Å²) >= 11 is 1.36. The molecule has 38 heavy (non-hydrogen) atoms. The molecule has 1 aromatic heterocycles. The molecule has 3 heterocycles. The van der Waals surface area contributed by atoms with E-state index in [-0.39, 0.29) is 11.3 Å². The Kier molecular flexibility index (Phi) is 5.91. The molecule has 2 aliphatic rings. The zero-order valence-electron chi connectivity index (χ0n) is 21.3. The molecule has 1 saturated heterocycles. The van der Waals surface area contributed by atoms with E-state index in [1.54, 1.807) is 18.2 Å². The number of rotatable bonds is 4. The first-order chi connectivity index (χ1) is 18.4. The number of amides is 1. The van der Waals surface area contributed by atoms with Gasteiger partial charge in [-0.1, -0.05) is 48.6 Å². The Morgan fingerprint density at radius 3 is 2.50 bits per heavy atom. The number of ether oxygens (including phenoxy) is 2. The Morgan fingerprint density at radius 2 is 1.76 bits per heavy atom. The number of aromatic nitrogens is 1. The first-order valence-electron chi connectivity index (χ1n) is 12.5. The largest absolute Gasteiger partial charge is 0.507 e. The maximum atomic E-state index is 13.6. The lowest BCUT2D eigenvalue weighted by molar-refractivity contribution is -0.132. The lowest BCUT2D eigenvalue weighted by Gasteiger charge is -2.23. The Labute approximate surface area is 224 Å². The molecule has 0 aliphatic carbocycles. The van der Waals surface area contributed by atoms with Gasteiger partial charge in [-0.2, -0.15) is 0 Å². The van der Waals surface area contributed by atoms with Crippen molar-refractivity contribution in [3.05, 3.63) is 88.0 Å². The van der Waals surface area contributed by atoms with Gasteiger partial charge >= 0.3 is 5.91 Å². The predicted molar refractivity (Wildman–Crippen MR) is 147 cm³/mol. The predicted octanol–water partition coefficient (Wildman–Crippen LogP) is 5.87. The lowest BCUT2D eigenvalue weighted by Crippen LogP contribution is -2.29. The number of thiazole rings is 1. The fourth-order valence-electron chi connectivity index (χ4n) is 5.09. The van der Waals surface area contributed by atoms with Crippen molar-refractivity contribution in [3.8, 4) is 11.5 Å². The fraction of sp³-hybridized carbons (Fsp3) is 0.233. The summed E-state index contributed by atoms with van der Waals surface area (Å²) in [7, 11) is 0. The van der Waals surface area contributed by atoms with Gasteiger partial charge in [0.05, 0.1) is 21.8 Å².